The third-order valence-electron chi connectivity index (χ3n) is 5.74. The molecule has 0 radical (unpaired) electrons. The molecule has 2 saturated carbocycles. The SMILES string of the molecule is CCOC1CC(NC(c2ccccc2)C2CC2)C1(C)CC. The Morgan fingerprint density at radius 3 is 2.52 bits per heavy atom. The lowest BCUT2D eigenvalue weighted by Crippen LogP contribution is -2.62. The molecule has 0 aliphatic heterocycles. The molecule has 1 aromatic carbocycles. The van der Waals surface area contributed by atoms with Crippen LogP contribution in [0.1, 0.15) is 58.1 Å². The van der Waals surface area contributed by atoms with Crippen LogP contribution in [0.5, 0.6) is 0 Å². The van der Waals surface area contributed by atoms with Gasteiger partial charge in [0.15, 0.2) is 0 Å². The summed E-state index contributed by atoms with van der Waals surface area (Å²) in [6.45, 7) is 7.63. The van der Waals surface area contributed by atoms with E-state index in [2.05, 4.69) is 56.4 Å². The average molecular weight is 287 g/mol. The highest BCUT2D eigenvalue weighted by Crippen LogP contribution is 2.49. The van der Waals surface area contributed by atoms with Crippen LogP contribution in [0, 0.1) is 11.3 Å². The Bertz CT molecular complexity index is 456. The van der Waals surface area contributed by atoms with E-state index in [-0.39, 0.29) is 5.41 Å². The highest BCUT2D eigenvalue weighted by atomic mass is 16.5. The van der Waals surface area contributed by atoms with Crippen LogP contribution in [0.4, 0.5) is 0 Å². The molecule has 0 saturated heterocycles. The van der Waals surface area contributed by atoms with Crippen molar-refractivity contribution in [1.29, 1.82) is 0 Å². The fourth-order valence-electron chi connectivity index (χ4n) is 3.82. The molecule has 0 heterocycles. The zero-order valence-electron chi connectivity index (χ0n) is 13.6. The highest BCUT2D eigenvalue weighted by Gasteiger charge is 2.52. The molecule has 116 valence electrons. The Morgan fingerprint density at radius 2 is 1.95 bits per heavy atom. The van der Waals surface area contributed by atoms with Crippen LogP contribution in [-0.2, 0) is 4.74 Å². The average Bonchev–Trinajstić information content (AvgIpc) is 3.35. The van der Waals surface area contributed by atoms with Gasteiger partial charge in [-0.15, -0.1) is 0 Å². The van der Waals surface area contributed by atoms with E-state index in [9.17, 15) is 0 Å². The van der Waals surface area contributed by atoms with Crippen molar-refractivity contribution < 1.29 is 4.74 Å². The van der Waals surface area contributed by atoms with Gasteiger partial charge >= 0.3 is 0 Å². The predicted octanol–water partition coefficient (Wildman–Crippen LogP) is 4.32. The summed E-state index contributed by atoms with van der Waals surface area (Å²) in [5, 5.41) is 3.98. The minimum atomic E-state index is 0.290. The van der Waals surface area contributed by atoms with Crippen LogP contribution >= 0.6 is 0 Å². The molecule has 0 amide bonds. The molecule has 2 heteroatoms. The van der Waals surface area contributed by atoms with Gasteiger partial charge in [0, 0.05) is 24.1 Å². The Kier molecular flexibility index (Phi) is 4.37. The fourth-order valence-corrected chi connectivity index (χ4v) is 3.82. The molecule has 4 unspecified atom stereocenters. The summed E-state index contributed by atoms with van der Waals surface area (Å²) in [5.74, 6) is 0.833. The fraction of sp³-hybridized carbons (Fsp3) is 0.684. The van der Waals surface area contributed by atoms with Crippen molar-refractivity contribution in [1.82, 2.24) is 5.32 Å². The third kappa shape index (κ3) is 2.89. The molecule has 3 rings (SSSR count). The molecule has 2 fully saturated rings. The van der Waals surface area contributed by atoms with Gasteiger partial charge < -0.3 is 10.1 Å². The van der Waals surface area contributed by atoms with Gasteiger partial charge in [-0.05, 0) is 44.1 Å². The van der Waals surface area contributed by atoms with E-state index >= 15 is 0 Å². The molecule has 21 heavy (non-hydrogen) atoms. The molecule has 0 bridgehead atoms. The quantitative estimate of drug-likeness (QED) is 0.806. The van der Waals surface area contributed by atoms with Gasteiger partial charge in [0.25, 0.3) is 0 Å². The highest BCUT2D eigenvalue weighted by molar-refractivity contribution is 5.22. The second-order valence-corrected chi connectivity index (χ2v) is 6.98. The largest absolute Gasteiger partial charge is 0.378 e. The maximum Gasteiger partial charge on any atom is 0.0658 e. The molecule has 2 nitrogen and oxygen atoms in total. The lowest BCUT2D eigenvalue weighted by atomic mass is 9.61. The van der Waals surface area contributed by atoms with Crippen molar-refractivity contribution in [2.24, 2.45) is 11.3 Å². The Morgan fingerprint density at radius 1 is 1.24 bits per heavy atom. The number of hydrogen-bond acceptors (Lipinski definition) is 2. The standard InChI is InChI=1S/C19H29NO/c1-4-19(3)16(13-17(19)21-5-2)20-18(15-11-12-15)14-9-7-6-8-10-14/h6-10,15-18,20H,4-5,11-13H2,1-3H3. The monoisotopic (exact) mass is 287 g/mol. The number of rotatable bonds is 7. The summed E-state index contributed by atoms with van der Waals surface area (Å²) < 4.78 is 5.94. The lowest BCUT2D eigenvalue weighted by molar-refractivity contribution is -0.128. The summed E-state index contributed by atoms with van der Waals surface area (Å²) in [6, 6.07) is 12.1. The van der Waals surface area contributed by atoms with Crippen molar-refractivity contribution >= 4 is 0 Å². The van der Waals surface area contributed by atoms with Crippen LogP contribution in [0.25, 0.3) is 0 Å². The van der Waals surface area contributed by atoms with E-state index in [0.29, 0.717) is 18.2 Å². The summed E-state index contributed by atoms with van der Waals surface area (Å²) >= 11 is 0. The van der Waals surface area contributed by atoms with Crippen molar-refractivity contribution in [2.45, 2.75) is 64.6 Å². The molecule has 1 aromatic rings. The normalized spacial score (nSPS) is 33.5. The van der Waals surface area contributed by atoms with E-state index < -0.39 is 0 Å². The molecule has 0 spiro atoms. The number of ether oxygens (including phenoxy) is 1. The Hall–Kier alpha value is -0.860. The maximum absolute atomic E-state index is 5.94. The van der Waals surface area contributed by atoms with Gasteiger partial charge in [-0.3, -0.25) is 0 Å². The molecular formula is C19H29NO. The molecular weight excluding hydrogens is 258 g/mol. The summed E-state index contributed by atoms with van der Waals surface area (Å²) in [7, 11) is 0. The first-order valence-corrected chi connectivity index (χ1v) is 8.61. The first-order chi connectivity index (χ1) is 10.2. The maximum atomic E-state index is 5.94. The first kappa shape index (κ1) is 15.1. The van der Waals surface area contributed by atoms with Crippen LogP contribution in [0.15, 0.2) is 30.3 Å². The summed E-state index contributed by atoms with van der Waals surface area (Å²) in [5.41, 5.74) is 1.75. The minimum Gasteiger partial charge on any atom is -0.378 e. The second-order valence-electron chi connectivity index (χ2n) is 6.98. The molecule has 4 atom stereocenters. The van der Waals surface area contributed by atoms with Gasteiger partial charge in [-0.1, -0.05) is 44.2 Å². The third-order valence-corrected chi connectivity index (χ3v) is 5.74. The Labute approximate surface area is 129 Å². The van der Waals surface area contributed by atoms with Crippen molar-refractivity contribution in [3.05, 3.63) is 35.9 Å². The zero-order chi connectivity index (χ0) is 14.9. The number of hydrogen-bond donors (Lipinski definition) is 1. The van der Waals surface area contributed by atoms with E-state index in [1.807, 2.05) is 0 Å². The van der Waals surface area contributed by atoms with Gasteiger partial charge in [0.05, 0.1) is 6.10 Å². The van der Waals surface area contributed by atoms with Crippen LogP contribution < -0.4 is 5.32 Å². The second kappa shape index (κ2) is 6.10. The molecule has 0 aromatic heterocycles. The van der Waals surface area contributed by atoms with Gasteiger partial charge in [-0.2, -0.15) is 0 Å². The van der Waals surface area contributed by atoms with Crippen LogP contribution in [-0.4, -0.2) is 18.8 Å². The zero-order valence-corrected chi connectivity index (χ0v) is 13.6. The van der Waals surface area contributed by atoms with Gasteiger partial charge in [-0.25, -0.2) is 0 Å². The summed E-state index contributed by atoms with van der Waals surface area (Å²) in [6.07, 6.45) is 5.52. The Balaban J connectivity index is 1.70. The van der Waals surface area contributed by atoms with Crippen LogP contribution in [0.3, 0.4) is 0 Å². The smallest absolute Gasteiger partial charge is 0.0658 e. The van der Waals surface area contributed by atoms with Gasteiger partial charge in [0.2, 0.25) is 0 Å². The first-order valence-electron chi connectivity index (χ1n) is 8.61. The van der Waals surface area contributed by atoms with Crippen molar-refractivity contribution in [3.8, 4) is 0 Å². The van der Waals surface area contributed by atoms with E-state index in [0.717, 1.165) is 18.9 Å². The molecule has 2 aliphatic carbocycles. The van der Waals surface area contributed by atoms with Crippen molar-refractivity contribution in [2.75, 3.05) is 6.61 Å². The van der Waals surface area contributed by atoms with Gasteiger partial charge in [0.1, 0.15) is 0 Å². The molecule has 1 N–H and O–H groups in total. The number of benzene rings is 1. The topological polar surface area (TPSA) is 21.3 Å². The van der Waals surface area contributed by atoms with E-state index in [1.165, 1.54) is 24.8 Å². The lowest BCUT2D eigenvalue weighted by Gasteiger charge is -2.54. The minimum absolute atomic E-state index is 0.290. The number of nitrogens with one attached hydrogen (secondary N) is 1. The van der Waals surface area contributed by atoms with Crippen LogP contribution in [0.2, 0.25) is 0 Å². The summed E-state index contributed by atoms with van der Waals surface area (Å²) in [4.78, 5) is 0. The van der Waals surface area contributed by atoms with Crippen molar-refractivity contribution in [3.63, 3.8) is 0 Å². The van der Waals surface area contributed by atoms with E-state index in [1.54, 1.807) is 0 Å². The predicted molar refractivity (Wildman–Crippen MR) is 87.3 cm³/mol. The van der Waals surface area contributed by atoms with E-state index in [4.69, 9.17) is 4.74 Å². The molecule has 2 aliphatic rings.